The number of rotatable bonds is 9. The number of anilines is 1. The Morgan fingerprint density at radius 1 is 1.14 bits per heavy atom. The Labute approximate surface area is 129 Å². The molecule has 1 N–H and O–H groups in total. The van der Waals surface area contributed by atoms with Crippen LogP contribution in [0.25, 0.3) is 0 Å². The SMILES string of the molecule is CCCS(=O)(=O)c1ccc(N(CC)CCNC(C)C)cc1. The molecule has 0 saturated carbocycles. The lowest BCUT2D eigenvalue weighted by atomic mass is 10.3. The molecule has 0 aliphatic carbocycles. The molecule has 0 bridgehead atoms. The zero-order chi connectivity index (χ0) is 15.9. The standard InChI is InChI=1S/C16H28N2O2S/c1-5-13-21(19,20)16-9-7-15(8-10-16)18(6-2)12-11-17-14(3)4/h7-10,14,17H,5-6,11-13H2,1-4H3. The van der Waals surface area contributed by atoms with Gasteiger partial charge in [-0.25, -0.2) is 8.42 Å². The molecule has 21 heavy (non-hydrogen) atoms. The Morgan fingerprint density at radius 2 is 1.76 bits per heavy atom. The molecule has 1 rings (SSSR count). The third-order valence-corrected chi connectivity index (χ3v) is 5.29. The molecule has 0 atom stereocenters. The summed E-state index contributed by atoms with van der Waals surface area (Å²) in [6, 6.07) is 7.73. The zero-order valence-corrected chi connectivity index (χ0v) is 14.4. The first kappa shape index (κ1) is 18.0. The normalized spacial score (nSPS) is 11.9. The lowest BCUT2D eigenvalue weighted by Crippen LogP contribution is -2.34. The summed E-state index contributed by atoms with van der Waals surface area (Å²) < 4.78 is 24.0. The quantitative estimate of drug-likeness (QED) is 0.761. The second-order valence-electron chi connectivity index (χ2n) is 5.50. The first-order valence-electron chi connectivity index (χ1n) is 7.71. The fourth-order valence-electron chi connectivity index (χ4n) is 2.21. The van der Waals surface area contributed by atoms with Gasteiger partial charge in [0.2, 0.25) is 0 Å². The second-order valence-corrected chi connectivity index (χ2v) is 7.61. The van der Waals surface area contributed by atoms with Gasteiger partial charge in [-0.3, -0.25) is 0 Å². The van der Waals surface area contributed by atoms with Crippen molar-refractivity contribution in [2.24, 2.45) is 0 Å². The van der Waals surface area contributed by atoms with Gasteiger partial charge in [0, 0.05) is 31.4 Å². The molecule has 0 fully saturated rings. The van der Waals surface area contributed by atoms with E-state index in [-0.39, 0.29) is 5.75 Å². The number of benzene rings is 1. The molecule has 1 aromatic carbocycles. The van der Waals surface area contributed by atoms with Gasteiger partial charge in [0.25, 0.3) is 0 Å². The van der Waals surface area contributed by atoms with Crippen LogP contribution in [0.3, 0.4) is 0 Å². The van der Waals surface area contributed by atoms with Crippen molar-refractivity contribution in [1.82, 2.24) is 5.32 Å². The predicted molar refractivity (Wildman–Crippen MR) is 89.8 cm³/mol. The van der Waals surface area contributed by atoms with Crippen LogP contribution in [0.5, 0.6) is 0 Å². The fourth-order valence-corrected chi connectivity index (χ4v) is 3.53. The van der Waals surface area contributed by atoms with E-state index >= 15 is 0 Å². The number of hydrogen-bond acceptors (Lipinski definition) is 4. The third-order valence-electron chi connectivity index (χ3n) is 3.35. The van der Waals surface area contributed by atoms with Crippen LogP contribution in [-0.2, 0) is 9.84 Å². The van der Waals surface area contributed by atoms with Gasteiger partial charge in [0.1, 0.15) is 0 Å². The maximum Gasteiger partial charge on any atom is 0.178 e. The average Bonchev–Trinajstić information content (AvgIpc) is 2.43. The molecular weight excluding hydrogens is 284 g/mol. The highest BCUT2D eigenvalue weighted by molar-refractivity contribution is 7.91. The van der Waals surface area contributed by atoms with Crippen molar-refractivity contribution in [1.29, 1.82) is 0 Å². The van der Waals surface area contributed by atoms with Crippen LogP contribution in [0.4, 0.5) is 5.69 Å². The van der Waals surface area contributed by atoms with Gasteiger partial charge in [0.15, 0.2) is 9.84 Å². The van der Waals surface area contributed by atoms with Crippen LogP contribution in [0, 0.1) is 0 Å². The molecule has 0 spiro atoms. The number of hydrogen-bond donors (Lipinski definition) is 1. The van der Waals surface area contributed by atoms with Crippen molar-refractivity contribution in [3.8, 4) is 0 Å². The summed E-state index contributed by atoms with van der Waals surface area (Å²) >= 11 is 0. The molecule has 120 valence electrons. The molecule has 0 aliphatic heterocycles. The molecule has 5 heteroatoms. The molecule has 4 nitrogen and oxygen atoms in total. The van der Waals surface area contributed by atoms with E-state index < -0.39 is 9.84 Å². The van der Waals surface area contributed by atoms with Gasteiger partial charge in [-0.15, -0.1) is 0 Å². The molecule has 0 radical (unpaired) electrons. The summed E-state index contributed by atoms with van der Waals surface area (Å²) in [6.07, 6.45) is 0.645. The molecular formula is C16H28N2O2S. The van der Waals surface area contributed by atoms with Gasteiger partial charge in [-0.2, -0.15) is 0 Å². The average molecular weight is 312 g/mol. The van der Waals surface area contributed by atoms with Crippen LogP contribution >= 0.6 is 0 Å². The Morgan fingerprint density at radius 3 is 2.24 bits per heavy atom. The molecule has 0 heterocycles. The lowest BCUT2D eigenvalue weighted by Gasteiger charge is -2.24. The molecule has 0 aliphatic rings. The van der Waals surface area contributed by atoms with Gasteiger partial charge in [-0.1, -0.05) is 20.8 Å². The van der Waals surface area contributed by atoms with Crippen molar-refractivity contribution < 1.29 is 8.42 Å². The summed E-state index contributed by atoms with van der Waals surface area (Å²) in [6.45, 7) is 11.0. The summed E-state index contributed by atoms with van der Waals surface area (Å²) in [5.41, 5.74) is 1.07. The van der Waals surface area contributed by atoms with E-state index in [9.17, 15) is 8.42 Å². The van der Waals surface area contributed by atoms with E-state index in [1.807, 2.05) is 19.1 Å². The second kappa shape index (κ2) is 8.39. The lowest BCUT2D eigenvalue weighted by molar-refractivity contribution is 0.583. The first-order valence-corrected chi connectivity index (χ1v) is 9.37. The van der Waals surface area contributed by atoms with Gasteiger partial charge < -0.3 is 10.2 Å². The summed E-state index contributed by atoms with van der Waals surface area (Å²) in [7, 11) is -3.12. The minimum Gasteiger partial charge on any atom is -0.371 e. The maximum atomic E-state index is 12.0. The third kappa shape index (κ3) is 5.67. The molecule has 0 unspecified atom stereocenters. The van der Waals surface area contributed by atoms with Crippen LogP contribution in [0.2, 0.25) is 0 Å². The van der Waals surface area contributed by atoms with Gasteiger partial charge >= 0.3 is 0 Å². The smallest absolute Gasteiger partial charge is 0.178 e. The highest BCUT2D eigenvalue weighted by atomic mass is 32.2. The molecule has 0 saturated heterocycles. The first-order chi connectivity index (χ1) is 9.90. The Balaban J connectivity index is 2.75. The minimum atomic E-state index is -3.12. The number of sulfone groups is 1. The topological polar surface area (TPSA) is 49.4 Å². The van der Waals surface area contributed by atoms with E-state index in [1.54, 1.807) is 12.1 Å². The number of likely N-dealkylation sites (N-methyl/N-ethyl adjacent to an activating group) is 1. The zero-order valence-electron chi connectivity index (χ0n) is 13.6. The monoisotopic (exact) mass is 312 g/mol. The molecule has 0 amide bonds. The van der Waals surface area contributed by atoms with Crippen molar-refractivity contribution in [2.75, 3.05) is 30.3 Å². The summed E-state index contributed by atoms with van der Waals surface area (Å²) in [5, 5.41) is 3.39. The Bertz CT molecular complexity index is 510. The van der Waals surface area contributed by atoms with Crippen LogP contribution in [-0.4, -0.2) is 39.8 Å². The summed E-state index contributed by atoms with van der Waals surface area (Å²) in [4.78, 5) is 2.66. The van der Waals surface area contributed by atoms with Crippen LogP contribution < -0.4 is 10.2 Å². The Kier molecular flexibility index (Phi) is 7.18. The van der Waals surface area contributed by atoms with E-state index in [4.69, 9.17) is 0 Å². The Hall–Kier alpha value is -1.07. The number of nitrogens with one attached hydrogen (secondary N) is 1. The van der Waals surface area contributed by atoms with Gasteiger partial charge in [0.05, 0.1) is 10.6 Å². The predicted octanol–water partition coefficient (Wildman–Crippen LogP) is 2.69. The summed E-state index contributed by atoms with van der Waals surface area (Å²) in [5.74, 6) is 0.210. The van der Waals surface area contributed by atoms with Crippen molar-refractivity contribution in [3.05, 3.63) is 24.3 Å². The highest BCUT2D eigenvalue weighted by Crippen LogP contribution is 2.19. The highest BCUT2D eigenvalue weighted by Gasteiger charge is 2.13. The van der Waals surface area contributed by atoms with E-state index in [0.29, 0.717) is 17.4 Å². The van der Waals surface area contributed by atoms with E-state index in [1.165, 1.54) is 0 Å². The largest absolute Gasteiger partial charge is 0.371 e. The van der Waals surface area contributed by atoms with Crippen LogP contribution in [0.1, 0.15) is 34.1 Å². The van der Waals surface area contributed by atoms with Crippen molar-refractivity contribution in [3.63, 3.8) is 0 Å². The van der Waals surface area contributed by atoms with E-state index in [0.717, 1.165) is 25.3 Å². The van der Waals surface area contributed by atoms with Gasteiger partial charge in [-0.05, 0) is 37.6 Å². The minimum absolute atomic E-state index is 0.210. The van der Waals surface area contributed by atoms with Crippen molar-refractivity contribution in [2.45, 2.75) is 45.1 Å². The van der Waals surface area contributed by atoms with E-state index in [2.05, 4.69) is 31.0 Å². The maximum absolute atomic E-state index is 12.0. The van der Waals surface area contributed by atoms with Crippen molar-refractivity contribution >= 4 is 15.5 Å². The van der Waals surface area contributed by atoms with Crippen LogP contribution in [0.15, 0.2) is 29.2 Å². The molecule has 0 aromatic heterocycles. The molecule has 1 aromatic rings. The fraction of sp³-hybridized carbons (Fsp3) is 0.625. The number of nitrogens with zero attached hydrogens (tertiary/aromatic N) is 1.